The summed E-state index contributed by atoms with van der Waals surface area (Å²) in [5.74, 6) is 2.38. The van der Waals surface area contributed by atoms with Gasteiger partial charge in [0.2, 0.25) is 0 Å². The highest BCUT2D eigenvalue weighted by atomic mass is 35.5. The maximum absolute atomic E-state index is 6.23. The zero-order valence-corrected chi connectivity index (χ0v) is 18.5. The van der Waals surface area contributed by atoms with E-state index < -0.39 is 0 Å². The first-order valence-corrected chi connectivity index (χ1v) is 11.7. The van der Waals surface area contributed by atoms with Crippen molar-refractivity contribution in [2.24, 2.45) is 5.92 Å². The fourth-order valence-corrected chi connectivity index (χ4v) is 5.50. The van der Waals surface area contributed by atoms with Crippen molar-refractivity contribution in [1.82, 2.24) is 5.32 Å². The number of anilines is 1. The quantitative estimate of drug-likeness (QED) is 0.609. The molecule has 2 aromatic carbocycles. The van der Waals surface area contributed by atoms with Gasteiger partial charge in [0.1, 0.15) is 0 Å². The van der Waals surface area contributed by atoms with E-state index >= 15 is 0 Å². The van der Waals surface area contributed by atoms with E-state index in [9.17, 15) is 0 Å². The zero-order chi connectivity index (χ0) is 19.5. The van der Waals surface area contributed by atoms with Gasteiger partial charge in [-0.2, -0.15) is 0 Å². The van der Waals surface area contributed by atoms with Gasteiger partial charge in [0.05, 0.1) is 10.0 Å². The van der Waals surface area contributed by atoms with Crippen molar-refractivity contribution in [1.29, 1.82) is 0 Å². The summed E-state index contributed by atoms with van der Waals surface area (Å²) in [6.45, 7) is 6.59. The molecule has 0 aliphatic carbocycles. The normalized spacial score (nSPS) is 22.6. The topological polar surface area (TPSA) is 15.3 Å². The fourth-order valence-electron chi connectivity index (χ4n) is 4.18. The Morgan fingerprint density at radius 3 is 2.82 bits per heavy atom. The molecule has 2 unspecified atom stereocenters. The molecule has 1 N–H and O–H groups in total. The van der Waals surface area contributed by atoms with Crippen LogP contribution in [0, 0.1) is 5.92 Å². The number of nitrogens with one attached hydrogen (secondary N) is 1. The summed E-state index contributed by atoms with van der Waals surface area (Å²) in [6, 6.07) is 14.8. The largest absolute Gasteiger partial charge is 0.366 e. The maximum atomic E-state index is 6.23. The van der Waals surface area contributed by atoms with Crippen LogP contribution in [0.3, 0.4) is 0 Å². The molecule has 5 heteroatoms. The Hall–Kier alpha value is -1.13. The van der Waals surface area contributed by atoms with Crippen LogP contribution in [0.1, 0.15) is 30.4 Å². The smallest absolute Gasteiger partial charge is 0.0612 e. The lowest BCUT2D eigenvalue weighted by atomic mass is 9.84. The number of halogens is 2. The van der Waals surface area contributed by atoms with E-state index in [2.05, 4.69) is 53.5 Å². The summed E-state index contributed by atoms with van der Waals surface area (Å²) in [5, 5.41) is 4.74. The Kier molecular flexibility index (Phi) is 6.57. The summed E-state index contributed by atoms with van der Waals surface area (Å²) >= 11 is 14.3. The Bertz CT molecular complexity index is 861. The van der Waals surface area contributed by atoms with E-state index in [1.807, 2.05) is 23.9 Å². The van der Waals surface area contributed by atoms with Crippen LogP contribution in [0.5, 0.6) is 0 Å². The number of hydrogen-bond donors (Lipinski definition) is 1. The molecule has 0 spiro atoms. The average molecular weight is 433 g/mol. The molecular formula is C23H26Cl2N2S. The van der Waals surface area contributed by atoms with Crippen LogP contribution in [0.15, 0.2) is 47.4 Å². The fraction of sp³-hybridized carbons (Fsp3) is 0.391. The molecule has 2 aliphatic rings. The summed E-state index contributed by atoms with van der Waals surface area (Å²) in [5.41, 5.74) is 3.97. The van der Waals surface area contributed by atoms with Crippen LogP contribution < -0.4 is 10.2 Å². The Morgan fingerprint density at radius 1 is 1.18 bits per heavy atom. The first-order valence-electron chi connectivity index (χ1n) is 9.95. The van der Waals surface area contributed by atoms with Gasteiger partial charge in [-0.1, -0.05) is 54.4 Å². The summed E-state index contributed by atoms with van der Waals surface area (Å²) in [4.78, 5) is 3.79. The minimum absolute atomic E-state index is 0.572. The Morgan fingerprint density at radius 2 is 2.04 bits per heavy atom. The van der Waals surface area contributed by atoms with E-state index in [1.165, 1.54) is 22.5 Å². The molecule has 0 aromatic heterocycles. The Labute approximate surface area is 182 Å². The van der Waals surface area contributed by atoms with E-state index in [4.69, 9.17) is 23.2 Å². The summed E-state index contributed by atoms with van der Waals surface area (Å²) in [7, 11) is 0. The van der Waals surface area contributed by atoms with Gasteiger partial charge in [0.25, 0.3) is 0 Å². The predicted octanol–water partition coefficient (Wildman–Crippen LogP) is 6.30. The molecule has 0 bridgehead atoms. The molecule has 0 radical (unpaired) electrons. The first kappa shape index (κ1) is 20.2. The molecule has 2 fully saturated rings. The monoisotopic (exact) mass is 432 g/mol. The van der Waals surface area contributed by atoms with Crippen LogP contribution >= 0.6 is 35.0 Å². The predicted molar refractivity (Wildman–Crippen MR) is 125 cm³/mol. The second-order valence-corrected chi connectivity index (χ2v) is 9.69. The maximum Gasteiger partial charge on any atom is 0.0612 e. The molecule has 2 nitrogen and oxygen atoms in total. The standard InChI is InChI=1S/C23H26Cl2N2S/c1-16(18-8-9-26-14-18)21-5-3-2-4-17(21)12-20-15-27(10-11-28-20)19-6-7-22(24)23(25)13-19/h2-7,12-13,16,18,26H,8-11,14-15H2,1H3/b20-12-. The van der Waals surface area contributed by atoms with Crippen LogP contribution in [-0.4, -0.2) is 31.9 Å². The number of thioether (sulfide) groups is 1. The Balaban J connectivity index is 1.56. The number of rotatable bonds is 4. The van der Waals surface area contributed by atoms with E-state index in [1.54, 1.807) is 0 Å². The second-order valence-electron chi connectivity index (χ2n) is 7.65. The number of nitrogens with zero attached hydrogens (tertiary/aromatic N) is 1. The lowest BCUT2D eigenvalue weighted by Crippen LogP contribution is -2.31. The van der Waals surface area contributed by atoms with Gasteiger partial charge in [0.15, 0.2) is 0 Å². The van der Waals surface area contributed by atoms with Gasteiger partial charge in [-0.3, -0.25) is 0 Å². The minimum Gasteiger partial charge on any atom is -0.366 e. The van der Waals surface area contributed by atoms with E-state index in [0.717, 1.165) is 43.5 Å². The highest BCUT2D eigenvalue weighted by molar-refractivity contribution is 8.03. The van der Waals surface area contributed by atoms with Crippen molar-refractivity contribution in [2.45, 2.75) is 19.3 Å². The van der Waals surface area contributed by atoms with E-state index in [-0.39, 0.29) is 0 Å². The van der Waals surface area contributed by atoms with Crippen molar-refractivity contribution in [3.05, 3.63) is 68.5 Å². The third-order valence-corrected chi connectivity index (χ3v) is 7.62. The van der Waals surface area contributed by atoms with Crippen LogP contribution in [0.25, 0.3) is 6.08 Å². The third-order valence-electron chi connectivity index (χ3n) is 5.87. The van der Waals surface area contributed by atoms with Crippen molar-refractivity contribution in [2.75, 3.05) is 36.8 Å². The van der Waals surface area contributed by atoms with Crippen LogP contribution in [0.4, 0.5) is 5.69 Å². The molecule has 0 saturated carbocycles. The molecule has 2 aromatic rings. The molecule has 0 amide bonds. The molecule has 2 saturated heterocycles. The molecule has 2 atom stereocenters. The number of hydrogen-bond acceptors (Lipinski definition) is 3. The first-order chi connectivity index (χ1) is 13.6. The summed E-state index contributed by atoms with van der Waals surface area (Å²) < 4.78 is 0. The van der Waals surface area contributed by atoms with Crippen molar-refractivity contribution >= 4 is 46.7 Å². The lowest BCUT2D eigenvalue weighted by Gasteiger charge is -2.31. The van der Waals surface area contributed by atoms with Gasteiger partial charge >= 0.3 is 0 Å². The van der Waals surface area contributed by atoms with Gasteiger partial charge in [-0.25, -0.2) is 0 Å². The number of benzene rings is 2. The van der Waals surface area contributed by atoms with Crippen molar-refractivity contribution in [3.63, 3.8) is 0 Å². The minimum atomic E-state index is 0.572. The molecular weight excluding hydrogens is 407 g/mol. The van der Waals surface area contributed by atoms with Gasteiger partial charge < -0.3 is 10.2 Å². The van der Waals surface area contributed by atoms with Gasteiger partial charge in [-0.15, -0.1) is 11.8 Å². The van der Waals surface area contributed by atoms with Crippen molar-refractivity contribution in [3.8, 4) is 0 Å². The van der Waals surface area contributed by atoms with Crippen LogP contribution in [0.2, 0.25) is 10.0 Å². The highest BCUT2D eigenvalue weighted by Gasteiger charge is 2.24. The second kappa shape index (κ2) is 9.13. The van der Waals surface area contributed by atoms with Crippen LogP contribution in [-0.2, 0) is 0 Å². The van der Waals surface area contributed by atoms with E-state index in [0.29, 0.717) is 16.0 Å². The SMILES string of the molecule is CC(c1ccccc1/C=C1/CN(c2ccc(Cl)c(Cl)c2)CCS1)C1CCNC1. The van der Waals surface area contributed by atoms with Gasteiger partial charge in [-0.05, 0) is 66.7 Å². The highest BCUT2D eigenvalue weighted by Crippen LogP contribution is 2.35. The molecule has 2 aliphatic heterocycles. The van der Waals surface area contributed by atoms with Gasteiger partial charge in [0, 0.05) is 29.4 Å². The molecule has 4 rings (SSSR count). The molecule has 148 valence electrons. The average Bonchev–Trinajstić information content (AvgIpc) is 3.25. The molecule has 28 heavy (non-hydrogen) atoms. The molecule has 2 heterocycles. The lowest BCUT2D eigenvalue weighted by molar-refractivity contribution is 0.487. The third kappa shape index (κ3) is 4.54. The zero-order valence-electron chi connectivity index (χ0n) is 16.1. The van der Waals surface area contributed by atoms with Crippen molar-refractivity contribution < 1.29 is 0 Å². The summed E-state index contributed by atoms with van der Waals surface area (Å²) in [6.07, 6.45) is 3.66.